The molecule has 1 aliphatic rings. The number of likely N-dealkylation sites (tertiary alicyclic amines) is 1. The molecule has 2 rings (SSSR count). The molecular formula is C19H24N2O4. The molecule has 1 heterocycles. The Kier molecular flexibility index (Phi) is 6.89. The Labute approximate surface area is 147 Å². The molecule has 0 radical (unpaired) electrons. The van der Waals surface area contributed by atoms with Gasteiger partial charge in [0.1, 0.15) is 0 Å². The number of rotatable bonds is 8. The average Bonchev–Trinajstić information content (AvgIpc) is 2.89. The monoisotopic (exact) mass is 344 g/mol. The van der Waals surface area contributed by atoms with Crippen molar-refractivity contribution in [3.8, 4) is 0 Å². The van der Waals surface area contributed by atoms with Crippen molar-refractivity contribution >= 4 is 23.8 Å². The van der Waals surface area contributed by atoms with Crippen molar-refractivity contribution < 1.29 is 19.6 Å². The minimum Gasteiger partial charge on any atom is -0.289 e. The molecule has 1 aromatic carbocycles. The van der Waals surface area contributed by atoms with E-state index in [0.717, 1.165) is 18.4 Å². The molecule has 1 aliphatic heterocycles. The number of imide groups is 1. The van der Waals surface area contributed by atoms with E-state index < -0.39 is 5.91 Å². The molecule has 0 aromatic heterocycles. The lowest BCUT2D eigenvalue weighted by molar-refractivity contribution is -0.141. The first-order chi connectivity index (χ1) is 12.1. The molecular weight excluding hydrogens is 320 g/mol. The Bertz CT molecular complexity index is 655. The number of benzene rings is 1. The van der Waals surface area contributed by atoms with Gasteiger partial charge in [-0.05, 0) is 24.5 Å². The maximum atomic E-state index is 12.7. The first-order valence-corrected chi connectivity index (χ1v) is 8.61. The van der Waals surface area contributed by atoms with E-state index >= 15 is 0 Å². The summed E-state index contributed by atoms with van der Waals surface area (Å²) in [6.07, 6.45) is 4.71. The van der Waals surface area contributed by atoms with E-state index in [1.807, 2.05) is 37.3 Å². The van der Waals surface area contributed by atoms with Crippen LogP contribution in [0.4, 0.5) is 0 Å². The van der Waals surface area contributed by atoms with Crippen LogP contribution in [0.15, 0.2) is 35.9 Å². The maximum Gasteiger partial charge on any atom is 0.257 e. The molecule has 1 fully saturated rings. The fourth-order valence-corrected chi connectivity index (χ4v) is 3.02. The summed E-state index contributed by atoms with van der Waals surface area (Å²) < 4.78 is 0. The van der Waals surface area contributed by atoms with Crippen LogP contribution >= 0.6 is 0 Å². The van der Waals surface area contributed by atoms with Gasteiger partial charge in [0.05, 0.1) is 6.42 Å². The maximum absolute atomic E-state index is 12.7. The van der Waals surface area contributed by atoms with E-state index in [-0.39, 0.29) is 30.7 Å². The van der Waals surface area contributed by atoms with Crippen molar-refractivity contribution in [1.82, 2.24) is 10.4 Å². The molecule has 3 amide bonds. The fraction of sp³-hybridized carbons (Fsp3) is 0.421. The van der Waals surface area contributed by atoms with E-state index in [4.69, 9.17) is 5.21 Å². The quantitative estimate of drug-likeness (QED) is 0.328. The highest BCUT2D eigenvalue weighted by atomic mass is 16.5. The van der Waals surface area contributed by atoms with E-state index in [1.165, 1.54) is 4.90 Å². The summed E-state index contributed by atoms with van der Waals surface area (Å²) in [5, 5.41) is 8.64. The summed E-state index contributed by atoms with van der Waals surface area (Å²) in [5.41, 5.74) is 2.95. The van der Waals surface area contributed by atoms with Gasteiger partial charge in [-0.2, -0.15) is 0 Å². The Morgan fingerprint density at radius 1 is 1.28 bits per heavy atom. The lowest BCUT2D eigenvalue weighted by atomic mass is 10.0. The number of carbonyl (C=O) groups is 3. The lowest BCUT2D eigenvalue weighted by Crippen LogP contribution is -2.40. The van der Waals surface area contributed by atoms with Crippen molar-refractivity contribution in [2.45, 2.75) is 51.5 Å². The van der Waals surface area contributed by atoms with Crippen LogP contribution in [-0.4, -0.2) is 33.9 Å². The number of hydroxylamine groups is 1. The van der Waals surface area contributed by atoms with Gasteiger partial charge in [0, 0.05) is 18.0 Å². The van der Waals surface area contributed by atoms with Gasteiger partial charge in [0.25, 0.3) is 5.91 Å². The van der Waals surface area contributed by atoms with E-state index in [1.54, 1.807) is 11.6 Å². The smallest absolute Gasteiger partial charge is 0.257 e. The largest absolute Gasteiger partial charge is 0.289 e. The van der Waals surface area contributed by atoms with Gasteiger partial charge >= 0.3 is 0 Å². The number of hydrogen-bond acceptors (Lipinski definition) is 4. The van der Waals surface area contributed by atoms with Crippen LogP contribution in [0.2, 0.25) is 0 Å². The molecule has 0 spiro atoms. The van der Waals surface area contributed by atoms with Crippen LogP contribution in [-0.2, 0) is 14.4 Å². The topological polar surface area (TPSA) is 86.7 Å². The van der Waals surface area contributed by atoms with Gasteiger partial charge < -0.3 is 0 Å². The first-order valence-electron chi connectivity index (χ1n) is 8.61. The zero-order valence-corrected chi connectivity index (χ0v) is 14.4. The summed E-state index contributed by atoms with van der Waals surface area (Å²) in [4.78, 5) is 37.8. The van der Waals surface area contributed by atoms with Crippen LogP contribution in [0.1, 0.15) is 51.0 Å². The Morgan fingerprint density at radius 3 is 2.64 bits per heavy atom. The molecule has 6 nitrogen and oxygen atoms in total. The predicted molar refractivity (Wildman–Crippen MR) is 93.4 cm³/mol. The summed E-state index contributed by atoms with van der Waals surface area (Å²) in [6, 6.07) is 9.09. The molecule has 134 valence electrons. The average molecular weight is 344 g/mol. The number of carbonyl (C=O) groups excluding carboxylic acids is 3. The summed E-state index contributed by atoms with van der Waals surface area (Å²) in [7, 11) is 0. The number of hydrogen-bond donors (Lipinski definition) is 2. The predicted octanol–water partition coefficient (Wildman–Crippen LogP) is 2.67. The molecule has 0 aliphatic carbocycles. The fourth-order valence-electron chi connectivity index (χ4n) is 3.02. The van der Waals surface area contributed by atoms with Crippen molar-refractivity contribution in [2.75, 3.05) is 0 Å². The van der Waals surface area contributed by atoms with Gasteiger partial charge in [-0.1, -0.05) is 50.1 Å². The molecule has 0 saturated carbocycles. The normalized spacial score (nSPS) is 17.2. The zero-order chi connectivity index (χ0) is 18.2. The number of nitrogens with one attached hydrogen (secondary N) is 1. The SMILES string of the molecule is CCCCC(CCC(=O)NO)N1C(=O)CC(=Cc2ccccc2)C1=O. The van der Waals surface area contributed by atoms with Crippen molar-refractivity contribution in [1.29, 1.82) is 0 Å². The van der Waals surface area contributed by atoms with Crippen molar-refractivity contribution in [2.24, 2.45) is 0 Å². The first kappa shape index (κ1) is 18.9. The molecule has 1 aromatic rings. The zero-order valence-electron chi connectivity index (χ0n) is 14.4. The second-order valence-corrected chi connectivity index (χ2v) is 6.20. The molecule has 1 atom stereocenters. The summed E-state index contributed by atoms with van der Waals surface area (Å²) >= 11 is 0. The molecule has 6 heteroatoms. The van der Waals surface area contributed by atoms with Crippen molar-refractivity contribution in [3.63, 3.8) is 0 Å². The Balaban J connectivity index is 2.16. The van der Waals surface area contributed by atoms with Crippen LogP contribution in [0.3, 0.4) is 0 Å². The van der Waals surface area contributed by atoms with Gasteiger partial charge in [-0.25, -0.2) is 5.48 Å². The number of nitrogens with zero attached hydrogens (tertiary/aromatic N) is 1. The highest BCUT2D eigenvalue weighted by Gasteiger charge is 2.38. The van der Waals surface area contributed by atoms with Gasteiger partial charge in [-0.3, -0.25) is 24.5 Å². The standard InChI is InChI=1S/C19H24N2O4/c1-2-3-9-16(10-11-17(22)20-25)21-18(23)13-15(19(21)24)12-14-7-5-4-6-8-14/h4-8,12,16,25H,2-3,9-11,13H2,1H3,(H,20,22). The molecule has 25 heavy (non-hydrogen) atoms. The number of amides is 3. The third-order valence-corrected chi connectivity index (χ3v) is 4.33. The summed E-state index contributed by atoms with van der Waals surface area (Å²) in [5.74, 6) is -1.02. The highest BCUT2D eigenvalue weighted by Crippen LogP contribution is 2.27. The molecule has 2 N–H and O–H groups in total. The van der Waals surface area contributed by atoms with Crippen LogP contribution in [0.25, 0.3) is 6.08 Å². The van der Waals surface area contributed by atoms with Crippen LogP contribution < -0.4 is 5.48 Å². The molecule has 1 unspecified atom stereocenters. The Hall–Kier alpha value is -2.47. The van der Waals surface area contributed by atoms with Crippen LogP contribution in [0, 0.1) is 0 Å². The number of unbranched alkanes of at least 4 members (excludes halogenated alkanes) is 1. The second-order valence-electron chi connectivity index (χ2n) is 6.20. The van der Waals surface area contributed by atoms with Gasteiger partial charge in [0.2, 0.25) is 11.8 Å². The second kappa shape index (κ2) is 9.13. The van der Waals surface area contributed by atoms with Gasteiger partial charge in [-0.15, -0.1) is 0 Å². The van der Waals surface area contributed by atoms with Crippen molar-refractivity contribution in [3.05, 3.63) is 41.5 Å². The van der Waals surface area contributed by atoms with E-state index in [0.29, 0.717) is 18.4 Å². The molecule has 0 bridgehead atoms. The van der Waals surface area contributed by atoms with E-state index in [2.05, 4.69) is 0 Å². The van der Waals surface area contributed by atoms with Crippen LogP contribution in [0.5, 0.6) is 0 Å². The van der Waals surface area contributed by atoms with Gasteiger partial charge in [0.15, 0.2) is 0 Å². The summed E-state index contributed by atoms with van der Waals surface area (Å²) in [6.45, 7) is 2.03. The third kappa shape index (κ3) is 5.00. The molecule has 1 saturated heterocycles. The van der Waals surface area contributed by atoms with E-state index in [9.17, 15) is 14.4 Å². The lowest BCUT2D eigenvalue weighted by Gasteiger charge is -2.25. The minimum absolute atomic E-state index is 0.0691. The minimum atomic E-state index is -0.513. The third-order valence-electron chi connectivity index (χ3n) is 4.33. The highest BCUT2D eigenvalue weighted by molar-refractivity contribution is 6.15. The Morgan fingerprint density at radius 2 is 2.00 bits per heavy atom.